The Morgan fingerprint density at radius 1 is 1.29 bits per heavy atom. The van der Waals surface area contributed by atoms with Crippen molar-refractivity contribution in [2.24, 2.45) is 13.0 Å². The van der Waals surface area contributed by atoms with Crippen LogP contribution < -0.4 is 4.90 Å². The Morgan fingerprint density at radius 3 is 2.61 bits per heavy atom. The first-order chi connectivity index (χ1) is 13.3. The predicted molar refractivity (Wildman–Crippen MR) is 111 cm³/mol. The van der Waals surface area contributed by atoms with E-state index in [1.54, 1.807) is 4.90 Å². The first kappa shape index (κ1) is 20.9. The number of benzene rings is 1. The third-order valence-electron chi connectivity index (χ3n) is 4.87. The average Bonchev–Trinajstić information content (AvgIpc) is 3.16. The Labute approximate surface area is 170 Å². The van der Waals surface area contributed by atoms with Gasteiger partial charge in [0.1, 0.15) is 5.82 Å². The zero-order valence-electron chi connectivity index (χ0n) is 16.4. The Balaban J connectivity index is 1.63. The summed E-state index contributed by atoms with van der Waals surface area (Å²) in [6.07, 6.45) is 1.27. The van der Waals surface area contributed by atoms with Gasteiger partial charge in [0.25, 0.3) is 0 Å². The molecule has 3 rings (SSSR count). The number of para-hydroxylation sites is 1. The van der Waals surface area contributed by atoms with Crippen molar-refractivity contribution in [1.82, 2.24) is 14.8 Å². The summed E-state index contributed by atoms with van der Waals surface area (Å²) in [5, 5.41) is 9.08. The van der Waals surface area contributed by atoms with Gasteiger partial charge in [-0.15, -0.1) is 10.2 Å². The summed E-state index contributed by atoms with van der Waals surface area (Å²) in [6, 6.07) is 9.68. The molecule has 0 N–H and O–H groups in total. The number of carbonyl (C=O) groups is 1. The third kappa shape index (κ3) is 4.94. The van der Waals surface area contributed by atoms with E-state index in [4.69, 9.17) is 0 Å². The van der Waals surface area contributed by atoms with Crippen molar-refractivity contribution in [1.29, 1.82) is 0 Å². The van der Waals surface area contributed by atoms with E-state index in [1.165, 1.54) is 11.8 Å². The topological polar surface area (TPSA) is 85.2 Å². The highest BCUT2D eigenvalue weighted by atomic mass is 32.2. The lowest BCUT2D eigenvalue weighted by atomic mass is 10.1. The number of nitrogens with zero attached hydrogens (tertiary/aromatic N) is 4. The fourth-order valence-corrected chi connectivity index (χ4v) is 6.11. The van der Waals surface area contributed by atoms with Crippen LogP contribution >= 0.6 is 11.8 Å². The van der Waals surface area contributed by atoms with Gasteiger partial charge in [-0.1, -0.05) is 30.0 Å². The van der Waals surface area contributed by atoms with Gasteiger partial charge < -0.3 is 9.47 Å². The number of hydrogen-bond acceptors (Lipinski definition) is 6. The van der Waals surface area contributed by atoms with Gasteiger partial charge in [-0.2, -0.15) is 0 Å². The van der Waals surface area contributed by atoms with Gasteiger partial charge in [-0.3, -0.25) is 4.79 Å². The molecule has 1 aromatic heterocycles. The minimum Gasteiger partial charge on any atom is -0.309 e. The van der Waals surface area contributed by atoms with Crippen LogP contribution in [0.1, 0.15) is 26.1 Å². The summed E-state index contributed by atoms with van der Waals surface area (Å²) in [4.78, 5) is 14.6. The molecular formula is C19H26N4O3S2. The molecule has 1 saturated heterocycles. The molecule has 0 aliphatic carbocycles. The number of anilines is 1. The van der Waals surface area contributed by atoms with Gasteiger partial charge in [0.15, 0.2) is 15.0 Å². The monoisotopic (exact) mass is 422 g/mol. The first-order valence-electron chi connectivity index (χ1n) is 9.35. The molecule has 1 amide bonds. The minimum atomic E-state index is -2.90. The maximum absolute atomic E-state index is 12.8. The predicted octanol–water partition coefficient (Wildman–Crippen LogP) is 2.33. The SMILES string of the molecule is CC(C)N(C(=O)CSc1nnc(C[C@H]2CCS(=O)(=O)C2)n1C)c1ccccc1. The maximum atomic E-state index is 12.8. The molecule has 28 heavy (non-hydrogen) atoms. The lowest BCUT2D eigenvalue weighted by Gasteiger charge is -2.26. The normalized spacial score (nSPS) is 18.5. The summed E-state index contributed by atoms with van der Waals surface area (Å²) < 4.78 is 25.2. The van der Waals surface area contributed by atoms with E-state index in [0.29, 0.717) is 18.0 Å². The number of sulfone groups is 1. The zero-order valence-corrected chi connectivity index (χ0v) is 18.0. The van der Waals surface area contributed by atoms with Crippen molar-refractivity contribution < 1.29 is 13.2 Å². The number of carbonyl (C=O) groups excluding carboxylic acids is 1. The Morgan fingerprint density at radius 2 is 2.00 bits per heavy atom. The van der Waals surface area contributed by atoms with Crippen molar-refractivity contribution >= 4 is 33.2 Å². The molecule has 9 heteroatoms. The third-order valence-corrected chi connectivity index (χ3v) is 7.71. The zero-order chi connectivity index (χ0) is 20.3. The van der Waals surface area contributed by atoms with Crippen molar-refractivity contribution in [3.8, 4) is 0 Å². The minimum absolute atomic E-state index is 0.0117. The summed E-state index contributed by atoms with van der Waals surface area (Å²) in [5.74, 6) is 1.62. The summed E-state index contributed by atoms with van der Waals surface area (Å²) in [5.41, 5.74) is 0.879. The molecule has 2 aromatic rings. The number of rotatable bonds is 7. The molecule has 2 heterocycles. The van der Waals surface area contributed by atoms with Crippen molar-refractivity contribution in [3.63, 3.8) is 0 Å². The Kier molecular flexibility index (Phi) is 6.44. The van der Waals surface area contributed by atoms with E-state index < -0.39 is 9.84 Å². The lowest BCUT2D eigenvalue weighted by Crippen LogP contribution is -2.38. The van der Waals surface area contributed by atoms with E-state index in [1.807, 2.05) is 55.8 Å². The van der Waals surface area contributed by atoms with Crippen LogP contribution in [0.15, 0.2) is 35.5 Å². The van der Waals surface area contributed by atoms with Crippen LogP contribution in [0.4, 0.5) is 5.69 Å². The average molecular weight is 423 g/mol. The van der Waals surface area contributed by atoms with E-state index in [-0.39, 0.29) is 35.1 Å². The quantitative estimate of drug-likeness (QED) is 0.637. The fraction of sp³-hybridized carbons (Fsp3) is 0.526. The second-order valence-electron chi connectivity index (χ2n) is 7.41. The van der Waals surface area contributed by atoms with Crippen LogP contribution in [-0.2, 0) is 28.1 Å². The second-order valence-corrected chi connectivity index (χ2v) is 10.6. The fourth-order valence-electron chi connectivity index (χ4n) is 3.45. The van der Waals surface area contributed by atoms with E-state index >= 15 is 0 Å². The summed E-state index contributed by atoms with van der Waals surface area (Å²) >= 11 is 1.35. The van der Waals surface area contributed by atoms with E-state index in [0.717, 1.165) is 11.5 Å². The van der Waals surface area contributed by atoms with Gasteiger partial charge in [-0.25, -0.2) is 8.42 Å². The first-order valence-corrected chi connectivity index (χ1v) is 12.2. The molecule has 0 unspecified atom stereocenters. The number of thioether (sulfide) groups is 1. The largest absolute Gasteiger partial charge is 0.309 e. The molecule has 1 aliphatic heterocycles. The molecule has 1 fully saturated rings. The highest BCUT2D eigenvalue weighted by Gasteiger charge is 2.29. The van der Waals surface area contributed by atoms with Crippen molar-refractivity contribution in [2.45, 2.75) is 37.9 Å². The number of hydrogen-bond donors (Lipinski definition) is 0. The second kappa shape index (κ2) is 8.65. The molecule has 0 bridgehead atoms. The van der Waals surface area contributed by atoms with Crippen LogP contribution in [0.25, 0.3) is 0 Å². The molecule has 1 aromatic carbocycles. The number of amides is 1. The van der Waals surface area contributed by atoms with Crippen molar-refractivity contribution in [3.05, 3.63) is 36.2 Å². The van der Waals surface area contributed by atoms with E-state index in [2.05, 4.69) is 10.2 Å². The summed E-state index contributed by atoms with van der Waals surface area (Å²) in [6.45, 7) is 3.98. The van der Waals surface area contributed by atoms with Crippen LogP contribution in [0, 0.1) is 5.92 Å². The molecule has 1 aliphatic rings. The van der Waals surface area contributed by atoms with Gasteiger partial charge in [0.2, 0.25) is 5.91 Å². The van der Waals surface area contributed by atoms with Crippen LogP contribution in [0.3, 0.4) is 0 Å². The number of aromatic nitrogens is 3. The molecule has 0 spiro atoms. The van der Waals surface area contributed by atoms with Crippen LogP contribution in [-0.4, -0.2) is 52.4 Å². The van der Waals surface area contributed by atoms with E-state index in [9.17, 15) is 13.2 Å². The molecular weight excluding hydrogens is 396 g/mol. The van der Waals surface area contributed by atoms with Crippen molar-refractivity contribution in [2.75, 3.05) is 22.2 Å². The van der Waals surface area contributed by atoms with Gasteiger partial charge >= 0.3 is 0 Å². The molecule has 1 atom stereocenters. The Hall–Kier alpha value is -1.87. The Bertz CT molecular complexity index is 926. The maximum Gasteiger partial charge on any atom is 0.237 e. The van der Waals surface area contributed by atoms with Crippen LogP contribution in [0.2, 0.25) is 0 Å². The van der Waals surface area contributed by atoms with Crippen LogP contribution in [0.5, 0.6) is 0 Å². The lowest BCUT2D eigenvalue weighted by molar-refractivity contribution is -0.116. The highest BCUT2D eigenvalue weighted by molar-refractivity contribution is 7.99. The molecule has 0 radical (unpaired) electrons. The molecule has 7 nitrogen and oxygen atoms in total. The van der Waals surface area contributed by atoms with Gasteiger partial charge in [0.05, 0.1) is 17.3 Å². The smallest absolute Gasteiger partial charge is 0.237 e. The highest BCUT2D eigenvalue weighted by Crippen LogP contribution is 2.25. The standard InChI is InChI=1S/C19H26N4O3S2/c1-14(2)23(16-7-5-4-6-8-16)18(24)12-27-19-21-20-17(22(19)3)11-15-9-10-28(25,26)13-15/h4-8,14-15H,9-13H2,1-3H3/t15-/m1/s1. The molecule has 0 saturated carbocycles. The molecule has 152 valence electrons. The summed E-state index contributed by atoms with van der Waals surface area (Å²) in [7, 11) is -1.04. The van der Waals surface area contributed by atoms with Gasteiger partial charge in [-0.05, 0) is 38.3 Å². The van der Waals surface area contributed by atoms with Gasteiger partial charge in [0, 0.05) is 25.2 Å².